The summed E-state index contributed by atoms with van der Waals surface area (Å²) in [6.07, 6.45) is 5.22. The van der Waals surface area contributed by atoms with Crippen LogP contribution in [-0.4, -0.2) is 152 Å². The molecule has 0 aliphatic carbocycles. The smallest absolute Gasteiger partial charge is 0.523 e. The van der Waals surface area contributed by atoms with E-state index in [-0.39, 0.29) is 86.7 Å². The van der Waals surface area contributed by atoms with Gasteiger partial charge in [-0.25, -0.2) is 13.1 Å². The van der Waals surface area contributed by atoms with Crippen LogP contribution >= 0.6 is 33.9 Å². The van der Waals surface area contributed by atoms with Crippen molar-refractivity contribution >= 4 is 116 Å². The Hall–Kier alpha value is -11.4. The monoisotopic (exact) mass is 1980 g/mol. The predicted molar refractivity (Wildman–Crippen MR) is 503 cm³/mol. The van der Waals surface area contributed by atoms with Crippen molar-refractivity contribution in [3.8, 4) is 29.4 Å². The maximum Gasteiger partial charge on any atom is 0.523 e. The van der Waals surface area contributed by atoms with E-state index in [2.05, 4.69) is 40.0 Å². The van der Waals surface area contributed by atoms with E-state index >= 15 is 0 Å². The van der Waals surface area contributed by atoms with Gasteiger partial charge in [-0.1, -0.05) is 202 Å². The van der Waals surface area contributed by atoms with Gasteiger partial charge in [0.2, 0.25) is 0 Å². The van der Waals surface area contributed by atoms with Crippen molar-refractivity contribution in [2.45, 2.75) is 127 Å². The van der Waals surface area contributed by atoms with Gasteiger partial charge in [0.05, 0.1) is 116 Å². The molecule has 132 heavy (non-hydrogen) atoms. The Labute approximate surface area is 784 Å². The summed E-state index contributed by atoms with van der Waals surface area (Å²) in [6.45, 7) is 9.84. The fourth-order valence-electron chi connectivity index (χ4n) is 11.0. The molecule has 0 N–H and O–H groups in total. The van der Waals surface area contributed by atoms with Crippen LogP contribution in [0.15, 0.2) is 272 Å². The molecule has 10 aromatic carbocycles. The molecule has 0 saturated heterocycles. The highest BCUT2D eigenvalue weighted by Crippen LogP contribution is 2.31. The van der Waals surface area contributed by atoms with Gasteiger partial charge < -0.3 is 34.1 Å². The first-order valence-corrected chi connectivity index (χ1v) is 47.6. The summed E-state index contributed by atoms with van der Waals surface area (Å²) in [5.74, 6) is 2.21. The first-order chi connectivity index (χ1) is 61.7. The lowest BCUT2D eigenvalue weighted by Gasteiger charge is -2.35. The maximum absolute atomic E-state index is 12.9. The van der Waals surface area contributed by atoms with E-state index in [1.54, 1.807) is 101 Å². The summed E-state index contributed by atoms with van der Waals surface area (Å²) in [7, 11) is -13.5. The number of benzene rings is 10. The minimum Gasteiger partial charge on any atom is -0.603 e. The third-order valence-electron chi connectivity index (χ3n) is 16.7. The number of hydrogen-bond donors (Lipinski definition) is 0. The zero-order valence-corrected chi connectivity index (χ0v) is 76.9. The van der Waals surface area contributed by atoms with Crippen LogP contribution in [0, 0.1) is 22.7 Å². The number of hydrazine groups is 1. The number of aromatic nitrogens is 3. The van der Waals surface area contributed by atoms with E-state index in [1.807, 2.05) is 166 Å². The lowest BCUT2D eigenvalue weighted by molar-refractivity contribution is -0.0526. The second-order valence-corrected chi connectivity index (χ2v) is 35.5. The molecule has 1 aromatic heterocycles. The summed E-state index contributed by atoms with van der Waals surface area (Å²) in [5.41, 5.74) is 19.1. The van der Waals surface area contributed by atoms with Crippen molar-refractivity contribution < 1.29 is 95.7 Å². The number of halogens is 6. The molecule has 33 nitrogen and oxygen atoms in total. The standard InChI is InChI=1S/C26H30N3O5S.C25H27N3O5S.C20H19N3O4S.C7H6ClN3O2S.C2H3F3O3S.2C2H3N.CH2Cl2.3CH4/c1-3-32-20-29-19-24(27-28(29)2)17-23-11-6-7-12-26(23)35(30,31)34-16-8-15-33-25-14-13-21-9-4-5-10-22(21)18-25;1-2-31-19-23-18-28(27-26-23)17-22-10-5-6-11-25(22)34(29,30)33-15-7-14-32-24-13-12-20-8-3-4-9-21(20)16-24;21-23-22-15-18-8-3-4-9-20(18)28(24,25)27-13-5-12-26-19-11-10-16-6-1-2-7-17(16)14-19;8-14(12,13)7-4-2-1-3-6(7)5-10-11-9;1-8-9(6,7)2(3,4)5;2*1-2-3;2-1-3;;;/h4-7,9-14,18-19H,3,8,15-17,20H2,1-2H3;3-6,8-13,16,18H,2,7,14-15,17,19H2,1H3;1-4,6-11,14H,5,12-13,15H2;1-4H,5H2;1H3;2*1H3;1H2;3*1H4/q-1;;;;;;;;;;. The van der Waals surface area contributed by atoms with Crippen LogP contribution in [0.3, 0.4) is 0 Å². The van der Waals surface area contributed by atoms with E-state index in [4.69, 9.17) is 91.7 Å². The van der Waals surface area contributed by atoms with Crippen molar-refractivity contribution in [3.63, 3.8) is 0 Å². The van der Waals surface area contributed by atoms with E-state index in [9.17, 15) is 55.3 Å². The topological polar surface area (TPSA) is 450 Å². The maximum atomic E-state index is 12.9. The van der Waals surface area contributed by atoms with Crippen molar-refractivity contribution in [2.75, 3.05) is 79.1 Å². The zero-order chi connectivity index (χ0) is 94.7. The van der Waals surface area contributed by atoms with Crippen LogP contribution in [0.1, 0.15) is 97.2 Å². The number of hydrogen-bond acceptors (Lipinski definition) is 27. The molecule has 44 heteroatoms. The fraction of sp³-hybridized carbons (Fsp3) is 0.318. The van der Waals surface area contributed by atoms with Crippen molar-refractivity contribution in [1.29, 1.82) is 10.5 Å². The minimum absolute atomic E-state index is 0. The van der Waals surface area contributed by atoms with E-state index in [1.165, 1.54) is 32.0 Å². The second-order valence-electron chi connectivity index (χ2n) is 25.7. The van der Waals surface area contributed by atoms with Gasteiger partial charge in [-0.15, -0.1) is 34.0 Å². The molecule has 0 bridgehead atoms. The van der Waals surface area contributed by atoms with Gasteiger partial charge in [0.15, 0.2) is 0 Å². The Bertz CT molecular complexity index is 6210. The third-order valence-corrected chi connectivity index (χ3v) is 23.4. The average molecular weight is 1990 g/mol. The summed E-state index contributed by atoms with van der Waals surface area (Å²) < 4.78 is 200. The van der Waals surface area contributed by atoms with Crippen molar-refractivity contribution in [2.24, 2.45) is 10.2 Å². The summed E-state index contributed by atoms with van der Waals surface area (Å²) in [6, 6.07) is 71.1. The number of azide groups is 2. The number of nitriles is 2. The molecule has 1 aliphatic heterocycles. The Morgan fingerprint density at radius 3 is 1.20 bits per heavy atom. The molecule has 0 amide bonds. The van der Waals surface area contributed by atoms with Crippen molar-refractivity contribution in [3.05, 3.63) is 297 Å². The van der Waals surface area contributed by atoms with Gasteiger partial charge in [-0.05, 0) is 160 Å². The van der Waals surface area contributed by atoms with Crippen LogP contribution in [-0.2, 0) is 108 Å². The van der Waals surface area contributed by atoms with E-state index in [0.717, 1.165) is 55.3 Å². The molecule has 11 aromatic rings. The normalized spacial score (nSPS) is 11.5. The molecule has 1 aliphatic rings. The molecular formula is C88H105Cl3F3N14O19S5-. The Kier molecular flexibility index (Phi) is 54.2. The van der Waals surface area contributed by atoms with Crippen molar-refractivity contribution in [1.82, 2.24) is 25.1 Å². The molecule has 714 valence electrons. The lowest BCUT2D eigenvalue weighted by Crippen LogP contribution is -2.30. The van der Waals surface area contributed by atoms with Crippen LogP contribution in [0.4, 0.5) is 13.2 Å². The molecule has 0 unspecified atom stereocenters. The lowest BCUT2D eigenvalue weighted by atomic mass is 10.1. The number of ether oxygens (including phenoxy) is 5. The molecule has 0 atom stereocenters. The van der Waals surface area contributed by atoms with Crippen LogP contribution in [0.5, 0.6) is 17.2 Å². The van der Waals surface area contributed by atoms with Gasteiger partial charge in [0.25, 0.3) is 39.4 Å². The van der Waals surface area contributed by atoms with E-state index < -0.39 is 55.0 Å². The minimum atomic E-state index is -5.34. The summed E-state index contributed by atoms with van der Waals surface area (Å²) in [4.78, 5) is 5.46. The van der Waals surface area contributed by atoms with Gasteiger partial charge >= 0.3 is 15.6 Å². The highest BCUT2D eigenvalue weighted by molar-refractivity contribution is 8.13. The Balaban J connectivity index is 0.000000571. The summed E-state index contributed by atoms with van der Waals surface area (Å²) >= 11 is 9.53. The quantitative estimate of drug-likeness (QED) is 0.00510. The van der Waals surface area contributed by atoms with Gasteiger partial charge in [0, 0.05) is 66.8 Å². The fourth-order valence-corrected chi connectivity index (χ4v) is 15.8. The summed E-state index contributed by atoms with van der Waals surface area (Å²) in [5, 5.41) is 39.8. The Morgan fingerprint density at radius 1 is 0.500 bits per heavy atom. The van der Waals surface area contributed by atoms with Gasteiger partial charge in [0.1, 0.15) is 29.7 Å². The molecule has 0 saturated carbocycles. The second kappa shape index (κ2) is 61.3. The molecule has 2 heterocycles. The van der Waals surface area contributed by atoms with Gasteiger partial charge in [-0.3, -0.25) is 21.9 Å². The number of fused-ring (bicyclic) bond motifs is 3. The molecule has 12 rings (SSSR count). The largest absolute Gasteiger partial charge is 0.603 e. The highest BCUT2D eigenvalue weighted by atomic mass is 35.7. The SMILES string of the molecule is C.C.C.CC#N.CC#N.CCOCN1C=C(Cc2ccccc2S(=O)(=O)OCCCOc2ccc3ccccc3c2)[N-]N1C.CCOCc1cn(Cc2ccccc2S(=O)(=O)OCCCOc2ccc3ccccc3c2)nn1.COS(=O)(=O)C(F)(F)F.ClCCl.[N-]=[N+]=NCc1ccccc1S(=O)(=O)Cl.[N-]=[N+]=NCc1ccccc1S(=O)(=O)OCCCOc1ccc2ccccc2c1. The van der Waals surface area contributed by atoms with Gasteiger partial charge in [-0.2, -0.15) is 57.4 Å². The predicted octanol–water partition coefficient (Wildman–Crippen LogP) is 21.2. The Morgan fingerprint density at radius 2 is 0.841 bits per heavy atom. The van der Waals surface area contributed by atoms with Crippen LogP contribution in [0.2, 0.25) is 0 Å². The zero-order valence-electron chi connectivity index (χ0n) is 70.6. The molecule has 0 spiro atoms. The highest BCUT2D eigenvalue weighted by Gasteiger charge is 2.46. The number of nitrogens with zero attached hydrogens (tertiary/aromatic N) is 14. The molecule has 0 radical (unpaired) electrons. The first kappa shape index (κ1) is 117. The number of alkyl halides is 5. The average Bonchev–Trinajstić information content (AvgIpc) is 1.45. The molecular weight excluding hydrogens is 1880 g/mol. The number of rotatable bonds is 37. The molecule has 0 fully saturated rings. The van der Waals surface area contributed by atoms with Crippen LogP contribution < -0.4 is 14.2 Å². The third kappa shape index (κ3) is 40.8. The number of allylic oxidation sites excluding steroid dienone is 1. The van der Waals surface area contributed by atoms with E-state index in [0.29, 0.717) is 107 Å². The first-order valence-electron chi connectivity index (χ1n) is 38.6. The van der Waals surface area contributed by atoms with Crippen LogP contribution in [0.25, 0.3) is 58.6 Å².